The van der Waals surface area contributed by atoms with E-state index >= 15 is 0 Å². The van der Waals surface area contributed by atoms with Crippen LogP contribution in [0.25, 0.3) is 0 Å². The molecule has 0 aromatic carbocycles. The summed E-state index contributed by atoms with van der Waals surface area (Å²) in [7, 11) is 1.72. The molecule has 1 heterocycles. The van der Waals surface area contributed by atoms with Gasteiger partial charge >= 0.3 is 0 Å². The number of ketones is 1. The normalized spacial score (nSPS) is 12.7. The first-order valence-electron chi connectivity index (χ1n) is 5.88. The summed E-state index contributed by atoms with van der Waals surface area (Å²) in [4.78, 5) is 12.0. The van der Waals surface area contributed by atoms with E-state index in [2.05, 4.69) is 33.2 Å². The average Bonchev–Trinajstić information content (AvgIpc) is 2.64. The summed E-state index contributed by atoms with van der Waals surface area (Å²) < 4.78 is 2.04. The lowest BCUT2D eigenvalue weighted by Crippen LogP contribution is -2.12. The number of hydrogen-bond acceptors (Lipinski definition) is 4. The highest BCUT2D eigenvalue weighted by molar-refractivity contribution is 9.10. The number of nitrogens with two attached hydrogens (primary N) is 1. The van der Waals surface area contributed by atoms with Crippen molar-refractivity contribution < 1.29 is 4.79 Å². The second kappa shape index (κ2) is 6.86. The Morgan fingerprint density at radius 1 is 1.53 bits per heavy atom. The second-order valence-corrected chi connectivity index (χ2v) is 4.92. The fraction of sp³-hybridized carbons (Fsp3) is 0.727. The van der Waals surface area contributed by atoms with E-state index in [0.717, 1.165) is 19.3 Å². The van der Waals surface area contributed by atoms with Crippen molar-refractivity contribution in [3.05, 3.63) is 10.3 Å². The number of hydrogen-bond donors (Lipinski definition) is 1. The highest BCUT2D eigenvalue weighted by Crippen LogP contribution is 2.19. The third-order valence-corrected chi connectivity index (χ3v) is 3.52. The van der Waals surface area contributed by atoms with Crippen molar-refractivity contribution in [2.75, 3.05) is 6.54 Å². The van der Waals surface area contributed by atoms with Crippen LogP contribution in [0.2, 0.25) is 0 Å². The average molecular weight is 303 g/mol. The first kappa shape index (κ1) is 14.3. The SMILES string of the molecule is CCC(CCN)CCC(=O)c1c(Br)nnn1C. The summed E-state index contributed by atoms with van der Waals surface area (Å²) in [5.74, 6) is 0.615. The van der Waals surface area contributed by atoms with Crippen molar-refractivity contribution in [1.29, 1.82) is 0 Å². The van der Waals surface area contributed by atoms with Gasteiger partial charge in [-0.2, -0.15) is 0 Å². The van der Waals surface area contributed by atoms with Crippen LogP contribution in [0.5, 0.6) is 0 Å². The number of nitrogens with zero attached hydrogens (tertiary/aromatic N) is 3. The Balaban J connectivity index is 2.55. The van der Waals surface area contributed by atoms with Gasteiger partial charge in [0.05, 0.1) is 0 Å². The number of Topliss-reactive ketones (excluding diaryl/α,β-unsaturated/α-hetero) is 1. The molecule has 0 bridgehead atoms. The van der Waals surface area contributed by atoms with E-state index in [-0.39, 0.29) is 5.78 Å². The lowest BCUT2D eigenvalue weighted by molar-refractivity contribution is 0.0962. The van der Waals surface area contributed by atoms with Crippen LogP contribution in [-0.4, -0.2) is 27.3 Å². The van der Waals surface area contributed by atoms with Crippen LogP contribution in [0.3, 0.4) is 0 Å². The highest BCUT2D eigenvalue weighted by atomic mass is 79.9. The minimum Gasteiger partial charge on any atom is -0.330 e. The minimum absolute atomic E-state index is 0.0832. The molecule has 6 heteroatoms. The van der Waals surface area contributed by atoms with Crippen molar-refractivity contribution in [2.45, 2.75) is 32.6 Å². The zero-order valence-corrected chi connectivity index (χ0v) is 11.9. The van der Waals surface area contributed by atoms with Gasteiger partial charge in [-0.05, 0) is 41.2 Å². The third-order valence-electron chi connectivity index (χ3n) is 2.98. The maximum absolute atomic E-state index is 12.0. The Labute approximate surface area is 110 Å². The Morgan fingerprint density at radius 2 is 2.24 bits per heavy atom. The van der Waals surface area contributed by atoms with Crippen molar-refractivity contribution in [3.8, 4) is 0 Å². The molecular formula is C11H19BrN4O. The zero-order valence-electron chi connectivity index (χ0n) is 10.3. The lowest BCUT2D eigenvalue weighted by Gasteiger charge is -2.12. The fourth-order valence-electron chi connectivity index (χ4n) is 1.87. The Hall–Kier alpha value is -0.750. The van der Waals surface area contributed by atoms with Crippen molar-refractivity contribution in [2.24, 2.45) is 18.7 Å². The Kier molecular flexibility index (Phi) is 5.77. The van der Waals surface area contributed by atoms with Crippen LogP contribution >= 0.6 is 15.9 Å². The zero-order chi connectivity index (χ0) is 12.8. The monoisotopic (exact) mass is 302 g/mol. The molecule has 0 radical (unpaired) electrons. The van der Waals surface area contributed by atoms with E-state index in [0.29, 0.717) is 29.2 Å². The van der Waals surface area contributed by atoms with Gasteiger partial charge in [-0.3, -0.25) is 4.79 Å². The van der Waals surface area contributed by atoms with Crippen LogP contribution in [0.4, 0.5) is 0 Å². The molecule has 96 valence electrons. The molecular weight excluding hydrogens is 284 g/mol. The number of aromatic nitrogens is 3. The Morgan fingerprint density at radius 3 is 2.71 bits per heavy atom. The fourth-order valence-corrected chi connectivity index (χ4v) is 2.42. The molecule has 1 rings (SSSR count). The van der Waals surface area contributed by atoms with Gasteiger partial charge in [-0.15, -0.1) is 5.10 Å². The molecule has 0 amide bonds. The quantitative estimate of drug-likeness (QED) is 0.781. The van der Waals surface area contributed by atoms with E-state index in [1.807, 2.05) is 0 Å². The van der Waals surface area contributed by atoms with Gasteiger partial charge in [-0.1, -0.05) is 18.6 Å². The molecule has 5 nitrogen and oxygen atoms in total. The van der Waals surface area contributed by atoms with Crippen LogP contribution < -0.4 is 5.73 Å². The topological polar surface area (TPSA) is 73.8 Å². The van der Waals surface area contributed by atoms with Gasteiger partial charge in [0.15, 0.2) is 10.4 Å². The second-order valence-electron chi connectivity index (χ2n) is 4.17. The molecule has 0 aliphatic heterocycles. The van der Waals surface area contributed by atoms with E-state index in [4.69, 9.17) is 5.73 Å². The number of halogens is 1. The van der Waals surface area contributed by atoms with Gasteiger partial charge in [0.2, 0.25) is 0 Å². The summed E-state index contributed by atoms with van der Waals surface area (Å²) in [6, 6.07) is 0. The van der Waals surface area contributed by atoms with Crippen LogP contribution in [0.1, 0.15) is 43.1 Å². The van der Waals surface area contributed by atoms with Crippen molar-refractivity contribution in [3.63, 3.8) is 0 Å². The number of carbonyl (C=O) groups excluding carboxylic acids is 1. The van der Waals surface area contributed by atoms with Gasteiger partial charge < -0.3 is 5.73 Å². The van der Waals surface area contributed by atoms with Gasteiger partial charge in [0.1, 0.15) is 5.69 Å². The number of carbonyl (C=O) groups is 1. The van der Waals surface area contributed by atoms with Gasteiger partial charge in [0, 0.05) is 13.5 Å². The molecule has 1 aromatic rings. The van der Waals surface area contributed by atoms with E-state index < -0.39 is 0 Å². The highest BCUT2D eigenvalue weighted by Gasteiger charge is 2.17. The summed E-state index contributed by atoms with van der Waals surface area (Å²) >= 11 is 3.24. The summed E-state index contributed by atoms with van der Waals surface area (Å²) in [6.07, 6.45) is 3.45. The molecule has 0 aliphatic carbocycles. The van der Waals surface area contributed by atoms with Crippen LogP contribution in [0.15, 0.2) is 4.60 Å². The van der Waals surface area contributed by atoms with Gasteiger partial charge in [-0.25, -0.2) is 4.68 Å². The molecule has 1 atom stereocenters. The van der Waals surface area contributed by atoms with Gasteiger partial charge in [0.25, 0.3) is 0 Å². The first-order chi connectivity index (χ1) is 8.10. The minimum atomic E-state index is 0.0832. The molecule has 1 aromatic heterocycles. The summed E-state index contributed by atoms with van der Waals surface area (Å²) in [6.45, 7) is 2.82. The standard InChI is InChI=1S/C11H19BrN4O/c1-3-8(6-7-13)4-5-9(17)10-11(12)14-15-16(10)2/h8H,3-7,13H2,1-2H3. The third kappa shape index (κ3) is 3.89. The van der Waals surface area contributed by atoms with Crippen LogP contribution in [0, 0.1) is 5.92 Å². The maximum Gasteiger partial charge on any atom is 0.183 e. The molecule has 17 heavy (non-hydrogen) atoms. The lowest BCUT2D eigenvalue weighted by atomic mass is 9.95. The summed E-state index contributed by atoms with van der Waals surface area (Å²) in [5, 5.41) is 7.61. The van der Waals surface area contributed by atoms with Crippen LogP contribution in [-0.2, 0) is 7.05 Å². The van der Waals surface area contributed by atoms with Crippen molar-refractivity contribution >= 4 is 21.7 Å². The Bertz CT molecular complexity index is 358. The van der Waals surface area contributed by atoms with E-state index in [1.165, 1.54) is 4.68 Å². The molecule has 1 unspecified atom stereocenters. The van der Waals surface area contributed by atoms with Crippen molar-refractivity contribution in [1.82, 2.24) is 15.0 Å². The predicted octanol–water partition coefficient (Wildman–Crippen LogP) is 1.92. The molecule has 0 spiro atoms. The summed E-state index contributed by atoms with van der Waals surface area (Å²) in [5.41, 5.74) is 6.09. The molecule has 0 aliphatic rings. The molecule has 0 fully saturated rings. The number of rotatable bonds is 7. The smallest absolute Gasteiger partial charge is 0.183 e. The number of aryl methyl sites for hydroxylation is 1. The maximum atomic E-state index is 12.0. The molecule has 0 saturated heterocycles. The largest absolute Gasteiger partial charge is 0.330 e. The van der Waals surface area contributed by atoms with E-state index in [1.54, 1.807) is 7.05 Å². The predicted molar refractivity (Wildman–Crippen MR) is 69.7 cm³/mol. The van der Waals surface area contributed by atoms with E-state index in [9.17, 15) is 4.79 Å². The molecule has 0 saturated carbocycles. The first-order valence-corrected chi connectivity index (χ1v) is 6.67. The molecule has 2 N–H and O–H groups in total.